The summed E-state index contributed by atoms with van der Waals surface area (Å²) in [5.41, 5.74) is 3.14. The molecule has 3 heterocycles. The standard InChI is InChI=1S/C25H27FN4O3/c26-18-14-19-20(16-30(25(19)33)21-6-7-23(31)27-24(21)32)22(15-18)29-12-10-28(11-13-29)9-8-17-4-2-1-3-5-17/h1-5,14-15,21H,6-13,16H2,(H,27,31,32). The number of hydrogen-bond acceptors (Lipinski definition) is 5. The third-order valence-electron chi connectivity index (χ3n) is 6.87. The smallest absolute Gasteiger partial charge is 0.255 e. The molecular weight excluding hydrogens is 423 g/mol. The second-order valence-electron chi connectivity index (χ2n) is 8.92. The number of nitrogens with zero attached hydrogens (tertiary/aromatic N) is 3. The first-order valence-electron chi connectivity index (χ1n) is 11.5. The molecule has 2 aromatic rings. The van der Waals surface area contributed by atoms with Gasteiger partial charge in [0.05, 0.1) is 0 Å². The lowest BCUT2D eigenvalue weighted by molar-refractivity contribution is -0.136. The lowest BCUT2D eigenvalue weighted by Gasteiger charge is -2.37. The first-order valence-corrected chi connectivity index (χ1v) is 11.5. The summed E-state index contributed by atoms with van der Waals surface area (Å²) in [6, 6.07) is 12.5. The zero-order valence-electron chi connectivity index (χ0n) is 18.4. The van der Waals surface area contributed by atoms with Crippen LogP contribution in [0.25, 0.3) is 0 Å². The second-order valence-corrected chi connectivity index (χ2v) is 8.92. The summed E-state index contributed by atoms with van der Waals surface area (Å²) in [4.78, 5) is 42.9. The van der Waals surface area contributed by atoms with E-state index in [1.165, 1.54) is 22.6 Å². The van der Waals surface area contributed by atoms with E-state index >= 15 is 0 Å². The lowest BCUT2D eigenvalue weighted by atomic mass is 10.0. The van der Waals surface area contributed by atoms with Crippen molar-refractivity contribution in [3.8, 4) is 0 Å². The molecule has 0 aliphatic carbocycles. The van der Waals surface area contributed by atoms with Crippen molar-refractivity contribution in [3.63, 3.8) is 0 Å². The van der Waals surface area contributed by atoms with E-state index in [0.717, 1.165) is 50.4 Å². The van der Waals surface area contributed by atoms with Gasteiger partial charge in [-0.05, 0) is 30.5 Å². The maximum Gasteiger partial charge on any atom is 0.255 e. The number of benzene rings is 2. The number of nitrogens with one attached hydrogen (secondary N) is 1. The summed E-state index contributed by atoms with van der Waals surface area (Å²) < 4.78 is 14.5. The number of piperazine rings is 1. The van der Waals surface area contributed by atoms with Crippen LogP contribution in [0.3, 0.4) is 0 Å². The Labute approximate surface area is 192 Å². The number of carbonyl (C=O) groups is 3. The largest absolute Gasteiger partial charge is 0.369 e. The number of rotatable bonds is 5. The molecule has 0 aromatic heterocycles. The van der Waals surface area contributed by atoms with Crippen molar-refractivity contribution in [2.45, 2.75) is 31.8 Å². The molecule has 0 saturated carbocycles. The van der Waals surface area contributed by atoms with Gasteiger partial charge in [0.2, 0.25) is 11.8 Å². The fraction of sp³-hybridized carbons (Fsp3) is 0.400. The summed E-state index contributed by atoms with van der Waals surface area (Å²) in [5, 5.41) is 2.31. The predicted octanol–water partition coefficient (Wildman–Crippen LogP) is 1.95. The molecular formula is C25H27FN4O3. The van der Waals surface area contributed by atoms with E-state index in [4.69, 9.17) is 0 Å². The van der Waals surface area contributed by atoms with Crippen LogP contribution in [0.4, 0.5) is 10.1 Å². The average molecular weight is 451 g/mol. The van der Waals surface area contributed by atoms with Crippen LogP contribution in [-0.2, 0) is 22.6 Å². The van der Waals surface area contributed by atoms with Crippen LogP contribution < -0.4 is 10.2 Å². The van der Waals surface area contributed by atoms with E-state index in [1.54, 1.807) is 0 Å². The quantitative estimate of drug-likeness (QED) is 0.705. The summed E-state index contributed by atoms with van der Waals surface area (Å²) in [5.74, 6) is -1.57. The van der Waals surface area contributed by atoms with E-state index in [9.17, 15) is 18.8 Å². The molecule has 5 rings (SSSR count). The molecule has 2 aromatic carbocycles. The van der Waals surface area contributed by atoms with Crippen LogP contribution in [0, 0.1) is 5.82 Å². The van der Waals surface area contributed by atoms with Crippen molar-refractivity contribution in [3.05, 3.63) is 65.0 Å². The number of imide groups is 1. The normalized spacial score (nSPS) is 21.4. The molecule has 2 fully saturated rings. The lowest BCUT2D eigenvalue weighted by Crippen LogP contribution is -2.52. The number of carbonyl (C=O) groups excluding carboxylic acids is 3. The first kappa shape index (κ1) is 21.6. The topological polar surface area (TPSA) is 73.0 Å². The number of anilines is 1. The molecule has 7 nitrogen and oxygen atoms in total. The highest BCUT2D eigenvalue weighted by atomic mass is 19.1. The Kier molecular flexibility index (Phi) is 5.85. The fourth-order valence-corrected chi connectivity index (χ4v) is 5.03. The van der Waals surface area contributed by atoms with Gasteiger partial charge in [-0.3, -0.25) is 24.6 Å². The minimum atomic E-state index is -0.701. The van der Waals surface area contributed by atoms with Gasteiger partial charge in [-0.25, -0.2) is 4.39 Å². The van der Waals surface area contributed by atoms with Gasteiger partial charge < -0.3 is 9.80 Å². The fourth-order valence-electron chi connectivity index (χ4n) is 5.03. The Morgan fingerprint density at radius 2 is 1.76 bits per heavy atom. The molecule has 8 heteroatoms. The first-order chi connectivity index (χ1) is 16.0. The highest BCUT2D eigenvalue weighted by molar-refractivity contribution is 6.06. The zero-order chi connectivity index (χ0) is 22.9. The Balaban J connectivity index is 1.28. The van der Waals surface area contributed by atoms with Gasteiger partial charge in [0, 0.05) is 62.5 Å². The molecule has 3 aliphatic rings. The molecule has 0 bridgehead atoms. The molecule has 0 radical (unpaired) electrons. The molecule has 172 valence electrons. The third kappa shape index (κ3) is 4.35. The molecule has 0 spiro atoms. The number of hydrogen-bond donors (Lipinski definition) is 1. The minimum absolute atomic E-state index is 0.197. The number of piperidine rings is 1. The average Bonchev–Trinajstić information content (AvgIpc) is 3.14. The Morgan fingerprint density at radius 1 is 1.00 bits per heavy atom. The van der Waals surface area contributed by atoms with Gasteiger partial charge in [0.15, 0.2) is 0 Å². The van der Waals surface area contributed by atoms with Crippen LogP contribution in [0.5, 0.6) is 0 Å². The number of fused-ring (bicyclic) bond motifs is 1. The van der Waals surface area contributed by atoms with Crippen LogP contribution in [-0.4, -0.2) is 66.3 Å². The molecule has 3 aliphatic heterocycles. The van der Waals surface area contributed by atoms with Crippen LogP contribution in [0.15, 0.2) is 42.5 Å². The number of halogens is 1. The SMILES string of the molecule is O=C1CCC(N2Cc3c(cc(F)cc3N3CCN(CCc4ccccc4)CC3)C2=O)C(=O)N1. The molecule has 1 atom stereocenters. The molecule has 1 unspecified atom stereocenters. The maximum atomic E-state index is 14.5. The third-order valence-corrected chi connectivity index (χ3v) is 6.87. The van der Waals surface area contributed by atoms with Gasteiger partial charge in [-0.15, -0.1) is 0 Å². The monoisotopic (exact) mass is 450 g/mol. The van der Waals surface area contributed by atoms with E-state index in [0.29, 0.717) is 12.0 Å². The summed E-state index contributed by atoms with van der Waals surface area (Å²) >= 11 is 0. The van der Waals surface area contributed by atoms with Crippen molar-refractivity contribution in [2.75, 3.05) is 37.6 Å². The van der Waals surface area contributed by atoms with E-state index in [2.05, 4.69) is 39.4 Å². The summed E-state index contributed by atoms with van der Waals surface area (Å²) in [6.45, 7) is 4.45. The van der Waals surface area contributed by atoms with Crippen molar-refractivity contribution >= 4 is 23.4 Å². The highest BCUT2D eigenvalue weighted by Crippen LogP contribution is 2.35. The molecule has 1 N–H and O–H groups in total. The molecule has 3 amide bonds. The summed E-state index contributed by atoms with van der Waals surface area (Å²) in [6.07, 6.45) is 1.48. The molecule has 33 heavy (non-hydrogen) atoms. The Hall–Kier alpha value is -3.26. The van der Waals surface area contributed by atoms with Crippen LogP contribution in [0.1, 0.15) is 34.3 Å². The Morgan fingerprint density at radius 3 is 2.48 bits per heavy atom. The number of amides is 3. The van der Waals surface area contributed by atoms with Crippen molar-refractivity contribution in [1.82, 2.24) is 15.1 Å². The Bertz CT molecular complexity index is 1080. The molecule has 2 saturated heterocycles. The van der Waals surface area contributed by atoms with Crippen molar-refractivity contribution < 1.29 is 18.8 Å². The van der Waals surface area contributed by atoms with E-state index in [1.807, 2.05) is 6.07 Å². The van der Waals surface area contributed by atoms with Gasteiger partial charge in [0.1, 0.15) is 11.9 Å². The maximum absolute atomic E-state index is 14.5. The zero-order valence-corrected chi connectivity index (χ0v) is 18.4. The minimum Gasteiger partial charge on any atom is -0.369 e. The highest BCUT2D eigenvalue weighted by Gasteiger charge is 2.41. The van der Waals surface area contributed by atoms with Crippen LogP contribution >= 0.6 is 0 Å². The van der Waals surface area contributed by atoms with E-state index in [-0.39, 0.29) is 24.8 Å². The predicted molar refractivity (Wildman–Crippen MR) is 121 cm³/mol. The van der Waals surface area contributed by atoms with Crippen LogP contribution in [0.2, 0.25) is 0 Å². The summed E-state index contributed by atoms with van der Waals surface area (Å²) in [7, 11) is 0. The second kappa shape index (κ2) is 8.94. The van der Waals surface area contributed by atoms with E-state index < -0.39 is 17.8 Å². The van der Waals surface area contributed by atoms with Gasteiger partial charge in [0.25, 0.3) is 5.91 Å². The van der Waals surface area contributed by atoms with Crippen molar-refractivity contribution in [2.24, 2.45) is 0 Å². The van der Waals surface area contributed by atoms with Gasteiger partial charge >= 0.3 is 0 Å². The van der Waals surface area contributed by atoms with Crippen molar-refractivity contribution in [1.29, 1.82) is 0 Å². The van der Waals surface area contributed by atoms with Gasteiger partial charge in [-0.2, -0.15) is 0 Å². The van der Waals surface area contributed by atoms with Gasteiger partial charge in [-0.1, -0.05) is 30.3 Å².